The van der Waals surface area contributed by atoms with Gasteiger partial charge in [0, 0.05) is 0 Å². The zero-order chi connectivity index (χ0) is 18.1. The van der Waals surface area contributed by atoms with Crippen molar-refractivity contribution >= 4 is 6.09 Å². The van der Waals surface area contributed by atoms with Crippen LogP contribution in [0.5, 0.6) is 0 Å². The maximum absolute atomic E-state index is 12.1. The van der Waals surface area contributed by atoms with E-state index in [1.807, 2.05) is 63.2 Å². The molecule has 2 aromatic carbocycles. The molecule has 1 atom stereocenters. The molecule has 0 aliphatic rings. The van der Waals surface area contributed by atoms with E-state index in [1.54, 1.807) is 0 Å². The number of carbonyl (C=O) groups is 1. The van der Waals surface area contributed by atoms with Gasteiger partial charge in [-0.1, -0.05) is 72.8 Å². The molecule has 0 bridgehead atoms. The first-order valence-electron chi connectivity index (χ1n) is 8.66. The van der Waals surface area contributed by atoms with Gasteiger partial charge in [0.1, 0.15) is 5.60 Å². The minimum absolute atomic E-state index is 0.110. The van der Waals surface area contributed by atoms with Gasteiger partial charge in [-0.25, -0.2) is 4.79 Å². The van der Waals surface area contributed by atoms with Gasteiger partial charge in [0.25, 0.3) is 0 Å². The van der Waals surface area contributed by atoms with Gasteiger partial charge in [0.2, 0.25) is 0 Å². The van der Waals surface area contributed by atoms with Gasteiger partial charge in [-0.05, 0) is 44.7 Å². The molecule has 0 saturated heterocycles. The van der Waals surface area contributed by atoms with Crippen molar-refractivity contribution in [1.82, 2.24) is 5.32 Å². The van der Waals surface area contributed by atoms with Crippen molar-refractivity contribution in [2.75, 3.05) is 0 Å². The number of amides is 1. The van der Waals surface area contributed by atoms with Crippen molar-refractivity contribution in [1.29, 1.82) is 0 Å². The van der Waals surface area contributed by atoms with Crippen LogP contribution in [0.4, 0.5) is 4.79 Å². The second-order valence-corrected chi connectivity index (χ2v) is 7.06. The number of rotatable bonds is 6. The molecule has 1 amide bonds. The largest absolute Gasteiger partial charge is 0.444 e. The summed E-state index contributed by atoms with van der Waals surface area (Å²) in [5.41, 5.74) is 1.91. The molecule has 0 saturated carbocycles. The minimum atomic E-state index is -0.505. The molecular formula is C22H27NO2. The summed E-state index contributed by atoms with van der Waals surface area (Å²) in [6, 6.07) is 20.3. The van der Waals surface area contributed by atoms with Crippen molar-refractivity contribution in [2.45, 2.75) is 45.3 Å². The van der Waals surface area contributed by atoms with Crippen LogP contribution in [-0.2, 0) is 17.6 Å². The molecule has 0 aromatic heterocycles. The summed E-state index contributed by atoms with van der Waals surface area (Å²) >= 11 is 0. The first kappa shape index (κ1) is 18.8. The fraction of sp³-hybridized carbons (Fsp3) is 0.318. The van der Waals surface area contributed by atoms with Crippen LogP contribution in [0, 0.1) is 0 Å². The van der Waals surface area contributed by atoms with Gasteiger partial charge in [0.15, 0.2) is 0 Å². The molecule has 3 nitrogen and oxygen atoms in total. The Balaban J connectivity index is 2.01. The van der Waals surface area contributed by atoms with E-state index in [0.717, 1.165) is 12.8 Å². The lowest BCUT2D eigenvalue weighted by Gasteiger charge is -2.22. The molecule has 2 rings (SSSR count). The smallest absolute Gasteiger partial charge is 0.408 e. The SMILES string of the molecule is CC(C)(C)OC(=O)NC(C=CCc1ccccc1)Cc1ccccc1. The number of ether oxygens (including phenoxy) is 1. The van der Waals surface area contributed by atoms with E-state index < -0.39 is 11.7 Å². The van der Waals surface area contributed by atoms with Crippen molar-refractivity contribution in [3.05, 3.63) is 83.9 Å². The Hall–Kier alpha value is -2.55. The topological polar surface area (TPSA) is 38.3 Å². The van der Waals surface area contributed by atoms with Gasteiger partial charge in [-0.3, -0.25) is 0 Å². The van der Waals surface area contributed by atoms with Crippen LogP contribution in [-0.4, -0.2) is 17.7 Å². The zero-order valence-electron chi connectivity index (χ0n) is 15.2. The lowest BCUT2D eigenvalue weighted by Crippen LogP contribution is -2.39. The third-order valence-electron chi connectivity index (χ3n) is 3.57. The molecule has 0 aliphatic heterocycles. The second-order valence-electron chi connectivity index (χ2n) is 7.06. The summed E-state index contributed by atoms with van der Waals surface area (Å²) < 4.78 is 5.39. The van der Waals surface area contributed by atoms with Crippen molar-refractivity contribution in [3.8, 4) is 0 Å². The number of hydrogen-bond acceptors (Lipinski definition) is 2. The predicted octanol–water partition coefficient (Wildman–Crippen LogP) is 4.92. The molecule has 1 unspecified atom stereocenters. The van der Waals surface area contributed by atoms with Gasteiger partial charge < -0.3 is 10.1 Å². The summed E-state index contributed by atoms with van der Waals surface area (Å²) in [6.45, 7) is 5.60. The third kappa shape index (κ3) is 7.71. The molecular weight excluding hydrogens is 310 g/mol. The fourth-order valence-electron chi connectivity index (χ4n) is 2.48. The first-order valence-corrected chi connectivity index (χ1v) is 8.66. The van der Waals surface area contributed by atoms with E-state index in [9.17, 15) is 4.79 Å². The van der Waals surface area contributed by atoms with Crippen LogP contribution in [0.3, 0.4) is 0 Å². The highest BCUT2D eigenvalue weighted by atomic mass is 16.6. The summed E-state index contributed by atoms with van der Waals surface area (Å²) in [5, 5.41) is 2.96. The average molecular weight is 337 g/mol. The van der Waals surface area contributed by atoms with Crippen LogP contribution in [0.15, 0.2) is 72.8 Å². The highest BCUT2D eigenvalue weighted by Crippen LogP contribution is 2.09. The molecule has 2 aromatic rings. The summed E-state index contributed by atoms with van der Waals surface area (Å²) in [6.07, 6.45) is 5.32. The zero-order valence-corrected chi connectivity index (χ0v) is 15.2. The Kier molecular flexibility index (Phi) is 6.81. The van der Waals surface area contributed by atoms with E-state index in [4.69, 9.17) is 4.74 Å². The number of alkyl carbamates (subject to hydrolysis) is 1. The fourth-order valence-corrected chi connectivity index (χ4v) is 2.48. The molecule has 0 heterocycles. The van der Waals surface area contributed by atoms with E-state index in [-0.39, 0.29) is 6.04 Å². The average Bonchev–Trinajstić information content (AvgIpc) is 2.55. The quantitative estimate of drug-likeness (QED) is 0.760. The Labute approximate surface area is 150 Å². The summed E-state index contributed by atoms with van der Waals surface area (Å²) in [7, 11) is 0. The molecule has 0 spiro atoms. The molecule has 25 heavy (non-hydrogen) atoms. The minimum Gasteiger partial charge on any atom is -0.444 e. The normalized spacial score (nSPS) is 12.8. The highest BCUT2D eigenvalue weighted by molar-refractivity contribution is 5.68. The lowest BCUT2D eigenvalue weighted by molar-refractivity contribution is 0.0514. The van der Waals surface area contributed by atoms with Crippen LogP contribution >= 0.6 is 0 Å². The maximum atomic E-state index is 12.1. The van der Waals surface area contributed by atoms with E-state index in [0.29, 0.717) is 0 Å². The summed E-state index contributed by atoms with van der Waals surface area (Å²) in [4.78, 5) is 12.1. The molecule has 3 heteroatoms. The molecule has 0 aliphatic carbocycles. The van der Waals surface area contributed by atoms with Crippen LogP contribution < -0.4 is 5.32 Å². The highest BCUT2D eigenvalue weighted by Gasteiger charge is 2.18. The number of carbonyl (C=O) groups excluding carboxylic acids is 1. The van der Waals surface area contributed by atoms with Crippen LogP contribution in [0.2, 0.25) is 0 Å². The Morgan fingerprint density at radius 2 is 1.56 bits per heavy atom. The molecule has 0 radical (unpaired) electrons. The lowest BCUT2D eigenvalue weighted by atomic mass is 10.0. The monoisotopic (exact) mass is 337 g/mol. The van der Waals surface area contributed by atoms with Gasteiger partial charge in [0.05, 0.1) is 6.04 Å². The number of allylic oxidation sites excluding steroid dienone is 1. The van der Waals surface area contributed by atoms with Crippen LogP contribution in [0.25, 0.3) is 0 Å². The Bertz CT molecular complexity index is 672. The molecule has 132 valence electrons. The number of benzene rings is 2. The Morgan fingerprint density at radius 1 is 1.00 bits per heavy atom. The van der Waals surface area contributed by atoms with Crippen molar-refractivity contribution in [3.63, 3.8) is 0 Å². The predicted molar refractivity (Wildman–Crippen MR) is 103 cm³/mol. The third-order valence-corrected chi connectivity index (χ3v) is 3.57. The number of hydrogen-bond donors (Lipinski definition) is 1. The molecule has 0 fully saturated rings. The van der Waals surface area contributed by atoms with E-state index in [1.165, 1.54) is 11.1 Å². The standard InChI is InChI=1S/C22H27NO2/c1-22(2,3)25-21(24)23-20(17-19-13-8-5-9-14-19)16-10-15-18-11-6-4-7-12-18/h4-14,16,20H,15,17H2,1-3H3,(H,23,24). The Morgan fingerprint density at radius 3 is 2.12 bits per heavy atom. The van der Waals surface area contributed by atoms with Gasteiger partial charge in [-0.15, -0.1) is 0 Å². The summed E-state index contributed by atoms with van der Waals surface area (Å²) in [5.74, 6) is 0. The van der Waals surface area contributed by atoms with Crippen molar-refractivity contribution < 1.29 is 9.53 Å². The second kappa shape index (κ2) is 9.07. The van der Waals surface area contributed by atoms with Gasteiger partial charge in [-0.2, -0.15) is 0 Å². The van der Waals surface area contributed by atoms with E-state index >= 15 is 0 Å². The van der Waals surface area contributed by atoms with Crippen molar-refractivity contribution in [2.24, 2.45) is 0 Å². The number of nitrogens with one attached hydrogen (secondary N) is 1. The van der Waals surface area contributed by atoms with Crippen LogP contribution in [0.1, 0.15) is 31.9 Å². The first-order chi connectivity index (χ1) is 11.9. The maximum Gasteiger partial charge on any atom is 0.408 e. The van der Waals surface area contributed by atoms with Gasteiger partial charge >= 0.3 is 6.09 Å². The molecule has 1 N–H and O–H groups in total. The van der Waals surface area contributed by atoms with E-state index in [2.05, 4.69) is 35.7 Å².